The Morgan fingerprint density at radius 3 is 2.71 bits per heavy atom. The molecule has 1 aromatic rings. The van der Waals surface area contributed by atoms with Crippen molar-refractivity contribution in [2.24, 2.45) is 5.92 Å². The van der Waals surface area contributed by atoms with E-state index in [0.29, 0.717) is 0 Å². The van der Waals surface area contributed by atoms with Crippen LogP contribution in [0.1, 0.15) is 31.2 Å². The molecule has 0 saturated heterocycles. The molecule has 0 atom stereocenters. The Morgan fingerprint density at radius 1 is 1.29 bits per heavy atom. The van der Waals surface area contributed by atoms with Gasteiger partial charge in [-0.25, -0.2) is 0 Å². The predicted molar refractivity (Wildman–Crippen MR) is 73.1 cm³/mol. The molecular weight excluding hydrogens is 280 g/mol. The van der Waals surface area contributed by atoms with Gasteiger partial charge in [0.15, 0.2) is 11.5 Å². The zero-order chi connectivity index (χ0) is 12.1. The van der Waals surface area contributed by atoms with E-state index in [0.717, 1.165) is 34.9 Å². The zero-order valence-electron chi connectivity index (χ0n) is 10.2. The molecule has 1 aliphatic carbocycles. The second-order valence-corrected chi connectivity index (χ2v) is 5.10. The lowest BCUT2D eigenvalue weighted by Gasteiger charge is -2.16. The normalized spacial score (nSPS) is 16.1. The molecule has 0 aromatic heterocycles. The molecule has 1 aliphatic rings. The molecular formula is C14H19BrO2. The highest BCUT2D eigenvalue weighted by Crippen LogP contribution is 2.34. The summed E-state index contributed by atoms with van der Waals surface area (Å²) in [5.74, 6) is 2.46. The number of halogens is 1. The summed E-state index contributed by atoms with van der Waals surface area (Å²) in [5.41, 5.74) is 1.15. The summed E-state index contributed by atoms with van der Waals surface area (Å²) >= 11 is 3.49. The maximum absolute atomic E-state index is 5.98. The van der Waals surface area contributed by atoms with Gasteiger partial charge < -0.3 is 9.47 Å². The number of methoxy groups -OCH3 is 1. The van der Waals surface area contributed by atoms with Gasteiger partial charge in [0.05, 0.1) is 13.7 Å². The van der Waals surface area contributed by atoms with E-state index < -0.39 is 0 Å². The Balaban J connectivity index is 2.06. The molecule has 3 heteroatoms. The summed E-state index contributed by atoms with van der Waals surface area (Å²) in [4.78, 5) is 0. The number of hydrogen-bond acceptors (Lipinski definition) is 2. The molecule has 0 N–H and O–H groups in total. The van der Waals surface area contributed by atoms with E-state index in [2.05, 4.69) is 22.0 Å². The molecule has 17 heavy (non-hydrogen) atoms. The van der Waals surface area contributed by atoms with Gasteiger partial charge in [0, 0.05) is 10.9 Å². The number of alkyl halides is 1. The number of rotatable bonds is 5. The third kappa shape index (κ3) is 3.15. The van der Waals surface area contributed by atoms with Crippen LogP contribution in [0.25, 0.3) is 0 Å². The van der Waals surface area contributed by atoms with Crippen molar-refractivity contribution in [1.82, 2.24) is 0 Å². The molecule has 1 aromatic carbocycles. The first kappa shape index (κ1) is 12.7. The lowest BCUT2D eigenvalue weighted by atomic mass is 10.1. The molecule has 0 unspecified atom stereocenters. The fraction of sp³-hybridized carbons (Fsp3) is 0.571. The van der Waals surface area contributed by atoms with Crippen molar-refractivity contribution < 1.29 is 9.47 Å². The first-order chi connectivity index (χ1) is 8.35. The van der Waals surface area contributed by atoms with Gasteiger partial charge in [-0.05, 0) is 24.8 Å². The van der Waals surface area contributed by atoms with Crippen LogP contribution in [0.5, 0.6) is 11.5 Å². The van der Waals surface area contributed by atoms with Gasteiger partial charge in [0.2, 0.25) is 0 Å². The third-order valence-electron chi connectivity index (χ3n) is 3.36. The number of para-hydroxylation sites is 1. The quantitative estimate of drug-likeness (QED) is 0.760. The summed E-state index contributed by atoms with van der Waals surface area (Å²) in [7, 11) is 1.69. The molecule has 0 amide bonds. The molecule has 0 heterocycles. The van der Waals surface area contributed by atoms with Gasteiger partial charge >= 0.3 is 0 Å². The molecule has 0 aliphatic heterocycles. The van der Waals surface area contributed by atoms with Gasteiger partial charge in [-0.2, -0.15) is 0 Å². The van der Waals surface area contributed by atoms with Crippen molar-refractivity contribution in [1.29, 1.82) is 0 Å². The van der Waals surface area contributed by atoms with E-state index >= 15 is 0 Å². The van der Waals surface area contributed by atoms with Crippen LogP contribution >= 0.6 is 15.9 Å². The van der Waals surface area contributed by atoms with Gasteiger partial charge in [-0.3, -0.25) is 0 Å². The average Bonchev–Trinajstić information content (AvgIpc) is 2.88. The second-order valence-electron chi connectivity index (χ2n) is 4.54. The molecule has 1 fully saturated rings. The van der Waals surface area contributed by atoms with Crippen LogP contribution in [-0.2, 0) is 5.33 Å². The molecule has 0 spiro atoms. The van der Waals surface area contributed by atoms with E-state index in [9.17, 15) is 0 Å². The van der Waals surface area contributed by atoms with E-state index in [-0.39, 0.29) is 0 Å². The van der Waals surface area contributed by atoms with Gasteiger partial charge in [0.1, 0.15) is 0 Å². The highest BCUT2D eigenvalue weighted by atomic mass is 79.9. The van der Waals surface area contributed by atoms with Crippen molar-refractivity contribution >= 4 is 15.9 Å². The van der Waals surface area contributed by atoms with Crippen molar-refractivity contribution in [3.8, 4) is 11.5 Å². The lowest BCUT2D eigenvalue weighted by Crippen LogP contribution is -2.09. The number of hydrogen-bond donors (Lipinski definition) is 0. The van der Waals surface area contributed by atoms with E-state index in [1.54, 1.807) is 7.11 Å². The maximum Gasteiger partial charge on any atom is 0.165 e. The molecule has 1 saturated carbocycles. The fourth-order valence-corrected chi connectivity index (χ4v) is 2.81. The SMILES string of the molecule is COc1cccc(CBr)c1OCC1CCCC1. The third-order valence-corrected chi connectivity index (χ3v) is 3.97. The van der Waals surface area contributed by atoms with Gasteiger partial charge in [0.25, 0.3) is 0 Å². The lowest BCUT2D eigenvalue weighted by molar-refractivity contribution is 0.239. The van der Waals surface area contributed by atoms with Crippen LogP contribution in [0.2, 0.25) is 0 Å². The summed E-state index contributed by atoms with van der Waals surface area (Å²) in [6.07, 6.45) is 5.31. The van der Waals surface area contributed by atoms with Crippen LogP contribution in [0.3, 0.4) is 0 Å². The minimum Gasteiger partial charge on any atom is -0.493 e. The maximum atomic E-state index is 5.98. The van der Waals surface area contributed by atoms with E-state index in [1.807, 2.05) is 12.1 Å². The Labute approximate surface area is 111 Å². The Bertz CT molecular complexity index is 337. The van der Waals surface area contributed by atoms with E-state index in [4.69, 9.17) is 9.47 Å². The Kier molecular flexibility index (Phi) is 4.72. The zero-order valence-corrected chi connectivity index (χ0v) is 11.8. The van der Waals surface area contributed by atoms with Gasteiger partial charge in [-0.1, -0.05) is 40.9 Å². The van der Waals surface area contributed by atoms with Gasteiger partial charge in [-0.15, -0.1) is 0 Å². The van der Waals surface area contributed by atoms with Crippen LogP contribution < -0.4 is 9.47 Å². The van der Waals surface area contributed by atoms with Crippen molar-refractivity contribution in [2.75, 3.05) is 13.7 Å². The topological polar surface area (TPSA) is 18.5 Å². The summed E-state index contributed by atoms with van der Waals surface area (Å²) in [5, 5.41) is 0.796. The molecule has 2 rings (SSSR count). The average molecular weight is 299 g/mol. The van der Waals surface area contributed by atoms with Crippen LogP contribution in [0.4, 0.5) is 0 Å². The number of ether oxygens (including phenoxy) is 2. The van der Waals surface area contributed by atoms with Crippen LogP contribution in [0, 0.1) is 5.92 Å². The fourth-order valence-electron chi connectivity index (χ4n) is 2.37. The van der Waals surface area contributed by atoms with Crippen molar-refractivity contribution in [2.45, 2.75) is 31.0 Å². The molecule has 0 bridgehead atoms. The largest absolute Gasteiger partial charge is 0.493 e. The summed E-state index contributed by atoms with van der Waals surface area (Å²) in [6.45, 7) is 0.820. The predicted octanol–water partition coefficient (Wildman–Crippen LogP) is 4.16. The van der Waals surface area contributed by atoms with Crippen molar-refractivity contribution in [3.05, 3.63) is 23.8 Å². The first-order valence-corrected chi connectivity index (χ1v) is 7.32. The van der Waals surface area contributed by atoms with Crippen molar-refractivity contribution in [3.63, 3.8) is 0 Å². The Hall–Kier alpha value is -0.700. The Morgan fingerprint density at radius 2 is 2.06 bits per heavy atom. The van der Waals surface area contributed by atoms with E-state index in [1.165, 1.54) is 25.7 Å². The minimum atomic E-state index is 0.725. The summed E-state index contributed by atoms with van der Waals surface area (Å²) < 4.78 is 11.3. The number of benzene rings is 1. The second kappa shape index (κ2) is 6.29. The highest BCUT2D eigenvalue weighted by molar-refractivity contribution is 9.08. The summed E-state index contributed by atoms with van der Waals surface area (Å²) in [6, 6.07) is 6.02. The monoisotopic (exact) mass is 298 g/mol. The van der Waals surface area contributed by atoms with Crippen LogP contribution in [0.15, 0.2) is 18.2 Å². The molecule has 0 radical (unpaired) electrons. The first-order valence-electron chi connectivity index (χ1n) is 6.19. The standard InChI is InChI=1S/C14H19BrO2/c1-16-13-8-4-7-12(9-15)14(13)17-10-11-5-2-3-6-11/h4,7-8,11H,2-3,5-6,9-10H2,1H3. The van der Waals surface area contributed by atoms with Crippen LogP contribution in [-0.4, -0.2) is 13.7 Å². The minimum absolute atomic E-state index is 0.725. The highest BCUT2D eigenvalue weighted by Gasteiger charge is 2.17. The smallest absolute Gasteiger partial charge is 0.165 e. The molecule has 2 nitrogen and oxygen atoms in total. The molecule has 94 valence electrons.